The zero-order chi connectivity index (χ0) is 54.6. The Balaban J connectivity index is 0.579. The van der Waals surface area contributed by atoms with Crippen molar-refractivity contribution in [2.75, 3.05) is 80.1 Å². The number of piperidine rings is 2. The summed E-state index contributed by atoms with van der Waals surface area (Å²) in [6.45, 7) is 15.1. The third-order valence-electron chi connectivity index (χ3n) is 18.4. The number of aromatic nitrogens is 5. The Morgan fingerprint density at radius 3 is 2.39 bits per heavy atom. The van der Waals surface area contributed by atoms with E-state index in [1.54, 1.807) is 34.6 Å². The molecule has 6 aliphatic rings. The highest BCUT2D eigenvalue weighted by atomic mass is 32.1. The molecular formula is C62H73FN12O4S. The number of phenolic OH excluding ortho intramolecular Hbond substituents is 1. The van der Waals surface area contributed by atoms with E-state index in [1.807, 2.05) is 49.7 Å². The number of carbonyl (C=O) groups excluding carboxylic acids is 2. The van der Waals surface area contributed by atoms with Crippen molar-refractivity contribution in [3.8, 4) is 27.4 Å². The quantitative estimate of drug-likeness (QED) is 0.0887. The van der Waals surface area contributed by atoms with Gasteiger partial charge in [0.15, 0.2) is 11.6 Å². The fourth-order valence-corrected chi connectivity index (χ4v) is 14.8. The number of hydrogen-bond acceptors (Lipinski definition) is 15. The monoisotopic (exact) mass is 1100 g/mol. The molecular weight excluding hydrogens is 1030 g/mol. The maximum Gasteiger partial charge on any atom is 0.243 e. The minimum absolute atomic E-state index is 0.0768. The number of benzene rings is 3. The molecule has 4 aromatic heterocycles. The van der Waals surface area contributed by atoms with E-state index in [0.29, 0.717) is 65.5 Å². The van der Waals surface area contributed by atoms with Gasteiger partial charge in [-0.15, -0.1) is 11.3 Å². The standard InChI is InChI=1S/C62H73FN12O4S/c1-4-42-7-5-8-45-26-48(76)27-50(55(42)45)57-56(63)58-51(30-64-57)60(74-34-46-14-15-47(35-74)67-46)69-62(68-58)72-23-18-40(19-24-72)31-71-21-16-39(17-22-71)25-41-32-73(33-41)53-28-49(79-70-53)29-54(77)75-20-6-9-52(75)61(78)66-37(2)43-10-12-44(13-11-43)59-38(3)65-36-80-59/h5,7-8,10-13,26-28,30,36-37,39-41,46-47,52,67,76H,4,6,9,14-25,29,31-35H2,1-3H3,(H,66,78). The lowest BCUT2D eigenvalue weighted by atomic mass is 9.83. The molecule has 6 aliphatic heterocycles. The van der Waals surface area contributed by atoms with E-state index in [9.17, 15) is 14.7 Å². The Morgan fingerprint density at radius 1 is 0.863 bits per heavy atom. The number of pyridine rings is 1. The highest BCUT2D eigenvalue weighted by Gasteiger charge is 2.38. The molecule has 0 spiro atoms. The van der Waals surface area contributed by atoms with Crippen LogP contribution in [-0.4, -0.2) is 135 Å². The van der Waals surface area contributed by atoms with E-state index in [0.717, 1.165) is 147 Å². The first-order chi connectivity index (χ1) is 39.0. The molecule has 2 amide bonds. The van der Waals surface area contributed by atoms with Crippen molar-refractivity contribution < 1.29 is 23.6 Å². The molecule has 18 heteroatoms. The average molecular weight is 1100 g/mol. The number of hydrogen-bond donors (Lipinski definition) is 3. The summed E-state index contributed by atoms with van der Waals surface area (Å²) in [6, 6.07) is 19.6. The number of halogens is 1. The first-order valence-electron chi connectivity index (χ1n) is 29.4. The number of carbonyl (C=O) groups is 2. The van der Waals surface area contributed by atoms with Gasteiger partial charge in [0.2, 0.25) is 17.8 Å². The number of aromatic hydroxyl groups is 1. The van der Waals surface area contributed by atoms with Crippen molar-refractivity contribution >= 4 is 62.4 Å². The second-order valence-corrected chi connectivity index (χ2v) is 24.7. The Labute approximate surface area is 471 Å². The Bertz CT molecular complexity index is 3390. The van der Waals surface area contributed by atoms with Crippen LogP contribution >= 0.6 is 11.3 Å². The van der Waals surface area contributed by atoms with E-state index >= 15 is 4.39 Å². The highest BCUT2D eigenvalue weighted by Crippen LogP contribution is 2.40. The molecule has 13 rings (SSSR count). The summed E-state index contributed by atoms with van der Waals surface area (Å²) in [6.07, 6.45) is 12.0. The predicted octanol–water partition coefficient (Wildman–Crippen LogP) is 9.48. The lowest BCUT2D eigenvalue weighted by molar-refractivity contribution is -0.138. The third-order valence-corrected chi connectivity index (χ3v) is 19.4. The number of rotatable bonds is 15. The van der Waals surface area contributed by atoms with Crippen LogP contribution in [0.25, 0.3) is 43.4 Å². The van der Waals surface area contributed by atoms with Gasteiger partial charge in [0.25, 0.3) is 0 Å². The molecule has 0 aliphatic carbocycles. The van der Waals surface area contributed by atoms with Gasteiger partial charge in [-0.2, -0.15) is 4.98 Å². The van der Waals surface area contributed by atoms with Crippen molar-refractivity contribution in [1.29, 1.82) is 0 Å². The molecule has 2 bridgehead atoms. The maximum absolute atomic E-state index is 17.3. The lowest BCUT2D eigenvalue weighted by Crippen LogP contribution is -2.51. The van der Waals surface area contributed by atoms with Crippen LogP contribution in [0, 0.1) is 30.5 Å². The van der Waals surface area contributed by atoms with Crippen LogP contribution in [0.1, 0.15) is 100 Å². The van der Waals surface area contributed by atoms with E-state index in [-0.39, 0.29) is 41.2 Å². The number of nitrogens with one attached hydrogen (secondary N) is 2. The first-order valence-corrected chi connectivity index (χ1v) is 30.3. The molecule has 4 unspecified atom stereocenters. The zero-order valence-electron chi connectivity index (χ0n) is 46.2. The molecule has 6 saturated heterocycles. The molecule has 4 atom stereocenters. The van der Waals surface area contributed by atoms with Gasteiger partial charge in [0.1, 0.15) is 34.6 Å². The third kappa shape index (κ3) is 10.6. The molecule has 6 fully saturated rings. The number of anilines is 3. The Hall–Kier alpha value is -6.76. The molecule has 7 aromatic rings. The van der Waals surface area contributed by atoms with Gasteiger partial charge >= 0.3 is 0 Å². The average Bonchev–Trinajstić information content (AvgIpc) is 4.35. The normalized spacial score (nSPS) is 21.7. The molecule has 16 nitrogen and oxygen atoms in total. The minimum atomic E-state index is -0.504. The summed E-state index contributed by atoms with van der Waals surface area (Å²) in [4.78, 5) is 59.0. The van der Waals surface area contributed by atoms with Gasteiger partial charge in [-0.25, -0.2) is 14.4 Å². The number of nitrogens with zero attached hydrogens (tertiary/aromatic N) is 10. The summed E-state index contributed by atoms with van der Waals surface area (Å²) >= 11 is 1.62. The molecule has 3 aromatic carbocycles. The van der Waals surface area contributed by atoms with Crippen LogP contribution in [0.3, 0.4) is 0 Å². The molecule has 3 N–H and O–H groups in total. The number of phenols is 1. The van der Waals surface area contributed by atoms with E-state index in [1.165, 1.54) is 19.3 Å². The smallest absolute Gasteiger partial charge is 0.243 e. The van der Waals surface area contributed by atoms with Gasteiger partial charge in [0.05, 0.1) is 33.9 Å². The molecule has 0 radical (unpaired) electrons. The number of thiazole rings is 1. The van der Waals surface area contributed by atoms with Crippen LogP contribution in [0.2, 0.25) is 0 Å². The van der Waals surface area contributed by atoms with Crippen molar-refractivity contribution in [2.24, 2.45) is 17.8 Å². The largest absolute Gasteiger partial charge is 0.508 e. The van der Waals surface area contributed by atoms with E-state index in [2.05, 4.69) is 65.5 Å². The van der Waals surface area contributed by atoms with Crippen molar-refractivity contribution in [3.63, 3.8) is 0 Å². The molecule has 80 heavy (non-hydrogen) atoms. The summed E-state index contributed by atoms with van der Waals surface area (Å²) < 4.78 is 23.0. The van der Waals surface area contributed by atoms with E-state index in [4.69, 9.17) is 19.5 Å². The number of aryl methyl sites for hydroxylation is 2. The first kappa shape index (κ1) is 52.6. The lowest BCUT2D eigenvalue weighted by Gasteiger charge is -2.43. The van der Waals surface area contributed by atoms with Crippen molar-refractivity contribution in [3.05, 3.63) is 101 Å². The number of amides is 2. The van der Waals surface area contributed by atoms with Crippen LogP contribution in [0.5, 0.6) is 5.75 Å². The van der Waals surface area contributed by atoms with Gasteiger partial charge in [0, 0.05) is 82.3 Å². The summed E-state index contributed by atoms with van der Waals surface area (Å²) in [7, 11) is 0. The molecule has 0 saturated carbocycles. The fourth-order valence-electron chi connectivity index (χ4n) is 14.0. The fraction of sp³-hybridized carbons (Fsp3) is 0.500. The van der Waals surface area contributed by atoms with Crippen molar-refractivity contribution in [2.45, 2.75) is 116 Å². The number of fused-ring (bicyclic) bond motifs is 4. The summed E-state index contributed by atoms with van der Waals surface area (Å²) in [5.74, 6) is 3.92. The van der Waals surface area contributed by atoms with Gasteiger partial charge in [-0.05, 0) is 148 Å². The summed E-state index contributed by atoms with van der Waals surface area (Å²) in [5, 5.41) is 24.5. The second-order valence-electron chi connectivity index (χ2n) is 23.8. The predicted molar refractivity (Wildman–Crippen MR) is 312 cm³/mol. The van der Waals surface area contributed by atoms with Gasteiger partial charge < -0.3 is 44.8 Å². The minimum Gasteiger partial charge on any atom is -0.508 e. The van der Waals surface area contributed by atoms with Crippen molar-refractivity contribution in [1.82, 2.24) is 45.5 Å². The maximum atomic E-state index is 17.3. The highest BCUT2D eigenvalue weighted by molar-refractivity contribution is 7.13. The zero-order valence-corrected chi connectivity index (χ0v) is 47.1. The number of piperazine rings is 1. The van der Waals surface area contributed by atoms with Gasteiger partial charge in [-0.3, -0.25) is 14.6 Å². The van der Waals surface area contributed by atoms with Crippen LogP contribution in [0.15, 0.2) is 76.9 Å². The Morgan fingerprint density at radius 2 is 1.64 bits per heavy atom. The SMILES string of the molecule is CCc1cccc2cc(O)cc(-c3ncc4c(N5CC6CCC(C5)N6)nc(N5CCC(CN6CCC(CC7CN(c8cc(CC(=O)N9CCCC9C(=O)NC(C)c9ccc(-c%10scnc%10C)cc9)on8)C7)CC6)CC5)nc4c3F)c12. The van der Waals surface area contributed by atoms with E-state index < -0.39 is 11.9 Å². The molecule has 10 heterocycles. The molecule has 418 valence electrons. The summed E-state index contributed by atoms with van der Waals surface area (Å²) in [5.41, 5.74) is 7.12. The Kier molecular flexibility index (Phi) is 14.7. The van der Waals surface area contributed by atoms with Crippen LogP contribution in [0.4, 0.5) is 22.0 Å². The van der Waals surface area contributed by atoms with Crippen LogP contribution in [-0.2, 0) is 22.4 Å². The van der Waals surface area contributed by atoms with Crippen LogP contribution < -0.4 is 25.3 Å². The number of likely N-dealkylation sites (tertiary alicyclic amines) is 2. The van der Waals surface area contributed by atoms with Gasteiger partial charge in [-0.1, -0.05) is 54.5 Å². The second kappa shape index (κ2) is 22.3. The topological polar surface area (TPSA) is 172 Å².